The van der Waals surface area contributed by atoms with Crippen molar-refractivity contribution in [3.8, 4) is 11.5 Å². The van der Waals surface area contributed by atoms with Gasteiger partial charge < -0.3 is 14.2 Å². The predicted octanol–water partition coefficient (Wildman–Crippen LogP) is 3.77. The van der Waals surface area contributed by atoms with Crippen molar-refractivity contribution in [1.82, 2.24) is 4.90 Å². The summed E-state index contributed by atoms with van der Waals surface area (Å²) >= 11 is 0. The van der Waals surface area contributed by atoms with Gasteiger partial charge in [-0.15, -0.1) is 0 Å². The molecule has 2 aromatic rings. The van der Waals surface area contributed by atoms with Gasteiger partial charge in [0.2, 0.25) is 5.78 Å². The molecular formula is C22H20FNO4. The van der Waals surface area contributed by atoms with Gasteiger partial charge in [-0.3, -0.25) is 9.69 Å². The van der Waals surface area contributed by atoms with Crippen molar-refractivity contribution >= 4 is 11.9 Å². The number of allylic oxidation sites excluding steroid dienone is 1. The molecule has 6 heteroatoms. The van der Waals surface area contributed by atoms with E-state index in [1.807, 2.05) is 6.07 Å². The first-order chi connectivity index (χ1) is 13.7. The average Bonchev–Trinajstić information content (AvgIpc) is 3.32. The zero-order valence-corrected chi connectivity index (χ0v) is 15.3. The van der Waals surface area contributed by atoms with Crippen LogP contribution in [-0.4, -0.2) is 36.7 Å². The largest absolute Gasteiger partial charge is 0.478 e. The summed E-state index contributed by atoms with van der Waals surface area (Å²) in [6, 6.07) is 9.53. The van der Waals surface area contributed by atoms with Gasteiger partial charge in [-0.25, -0.2) is 4.39 Å². The maximum atomic E-state index is 13.1. The number of halogens is 1. The lowest BCUT2D eigenvalue weighted by molar-refractivity contribution is 0.0274. The summed E-state index contributed by atoms with van der Waals surface area (Å²) in [4.78, 5) is 14.9. The molecule has 0 radical (unpaired) electrons. The zero-order valence-electron chi connectivity index (χ0n) is 15.3. The number of hydrogen-bond donors (Lipinski definition) is 0. The van der Waals surface area contributed by atoms with Crippen LogP contribution in [0, 0.1) is 5.82 Å². The van der Waals surface area contributed by atoms with Crippen LogP contribution in [-0.2, 0) is 11.3 Å². The van der Waals surface area contributed by atoms with Gasteiger partial charge in [0, 0.05) is 19.7 Å². The van der Waals surface area contributed by atoms with E-state index in [4.69, 9.17) is 14.2 Å². The molecule has 0 unspecified atom stereocenters. The fourth-order valence-corrected chi connectivity index (χ4v) is 3.91. The summed E-state index contributed by atoms with van der Waals surface area (Å²) < 4.78 is 30.7. The van der Waals surface area contributed by atoms with E-state index in [0.717, 1.165) is 37.3 Å². The fourth-order valence-electron chi connectivity index (χ4n) is 3.91. The van der Waals surface area contributed by atoms with E-state index in [9.17, 15) is 9.18 Å². The Balaban J connectivity index is 1.41. The first-order valence-corrected chi connectivity index (χ1v) is 9.50. The molecule has 144 valence electrons. The quantitative estimate of drug-likeness (QED) is 0.758. The number of Topliss-reactive ketones (excluding diaryl/α,β-unsaturated/α-hetero) is 1. The molecule has 0 saturated carbocycles. The highest BCUT2D eigenvalue weighted by molar-refractivity contribution is 6.15. The maximum absolute atomic E-state index is 13.1. The molecular weight excluding hydrogens is 361 g/mol. The molecule has 1 atom stereocenters. The van der Waals surface area contributed by atoms with Crippen molar-refractivity contribution < 1.29 is 23.4 Å². The third-order valence-electron chi connectivity index (χ3n) is 5.34. The molecule has 2 aromatic carbocycles. The minimum absolute atomic E-state index is 0.168. The first kappa shape index (κ1) is 17.4. The van der Waals surface area contributed by atoms with E-state index in [1.54, 1.807) is 24.3 Å². The molecule has 0 aromatic heterocycles. The van der Waals surface area contributed by atoms with Crippen molar-refractivity contribution in [2.75, 3.05) is 19.9 Å². The predicted molar refractivity (Wildman–Crippen MR) is 101 cm³/mol. The van der Waals surface area contributed by atoms with Crippen LogP contribution >= 0.6 is 0 Å². The summed E-state index contributed by atoms with van der Waals surface area (Å²) in [5.41, 5.74) is 2.13. The van der Waals surface area contributed by atoms with Crippen molar-refractivity contribution in [2.24, 2.45) is 0 Å². The second-order valence-electron chi connectivity index (χ2n) is 7.33. The second kappa shape index (κ2) is 7.04. The Labute approximate surface area is 162 Å². The van der Waals surface area contributed by atoms with Gasteiger partial charge in [-0.1, -0.05) is 12.1 Å². The zero-order chi connectivity index (χ0) is 19.1. The van der Waals surface area contributed by atoms with Gasteiger partial charge in [0.05, 0.1) is 17.2 Å². The van der Waals surface area contributed by atoms with Crippen LogP contribution in [0.3, 0.4) is 0 Å². The lowest BCUT2D eigenvalue weighted by atomic mass is 10.0. The summed E-state index contributed by atoms with van der Waals surface area (Å²) in [7, 11) is 0. The third kappa shape index (κ3) is 3.19. The molecule has 0 aliphatic carbocycles. The van der Waals surface area contributed by atoms with E-state index in [2.05, 4.69) is 4.90 Å². The summed E-state index contributed by atoms with van der Waals surface area (Å²) in [6.07, 6.45) is 4.04. The van der Waals surface area contributed by atoms with Crippen LogP contribution in [0.15, 0.2) is 42.2 Å². The van der Waals surface area contributed by atoms with Crippen LogP contribution in [0.1, 0.15) is 34.3 Å². The van der Waals surface area contributed by atoms with Crippen molar-refractivity contribution in [3.63, 3.8) is 0 Å². The molecule has 1 fully saturated rings. The van der Waals surface area contributed by atoms with Crippen LogP contribution in [0.2, 0.25) is 0 Å². The lowest BCUT2D eigenvalue weighted by Gasteiger charge is -2.31. The number of ether oxygens (including phenoxy) is 3. The number of carbonyl (C=O) groups is 1. The molecule has 5 rings (SSSR count). The van der Waals surface area contributed by atoms with Crippen LogP contribution in [0.5, 0.6) is 11.5 Å². The highest BCUT2D eigenvalue weighted by Gasteiger charge is 2.34. The van der Waals surface area contributed by atoms with Crippen LogP contribution in [0.4, 0.5) is 4.39 Å². The fraction of sp³-hybridized carbons (Fsp3) is 0.318. The monoisotopic (exact) mass is 381 g/mol. The van der Waals surface area contributed by atoms with Crippen molar-refractivity contribution in [1.29, 1.82) is 0 Å². The minimum Gasteiger partial charge on any atom is -0.478 e. The second-order valence-corrected chi connectivity index (χ2v) is 7.33. The van der Waals surface area contributed by atoms with E-state index < -0.39 is 0 Å². The average molecular weight is 381 g/mol. The number of ketones is 1. The van der Waals surface area contributed by atoms with E-state index in [0.29, 0.717) is 30.2 Å². The normalized spacial score (nSPS) is 22.7. The van der Waals surface area contributed by atoms with Crippen molar-refractivity contribution in [3.05, 3.63) is 64.7 Å². The number of benzene rings is 2. The summed E-state index contributed by atoms with van der Waals surface area (Å²) in [5, 5.41) is 0. The van der Waals surface area contributed by atoms with Gasteiger partial charge in [-0.05, 0) is 48.7 Å². The highest BCUT2D eigenvalue weighted by Crippen LogP contribution is 2.42. The highest BCUT2D eigenvalue weighted by atomic mass is 19.1. The molecule has 0 bridgehead atoms. The Kier molecular flexibility index (Phi) is 4.37. The molecule has 0 N–H and O–H groups in total. The Hall–Kier alpha value is -2.70. The van der Waals surface area contributed by atoms with Gasteiger partial charge in [-0.2, -0.15) is 0 Å². The first-order valence-electron chi connectivity index (χ1n) is 9.50. The Morgan fingerprint density at radius 3 is 2.82 bits per heavy atom. The molecule has 3 aliphatic heterocycles. The van der Waals surface area contributed by atoms with Gasteiger partial charge >= 0.3 is 0 Å². The summed E-state index contributed by atoms with van der Waals surface area (Å²) in [6.45, 7) is 2.77. The van der Waals surface area contributed by atoms with Gasteiger partial charge in [0.15, 0.2) is 5.76 Å². The Morgan fingerprint density at radius 1 is 1.18 bits per heavy atom. The molecule has 1 saturated heterocycles. The SMILES string of the molecule is O=C1/C(=C/c2ccc(F)cc2)Oc2c1ccc1c2CN(C[C@H]2CCCO2)CO1. The summed E-state index contributed by atoms with van der Waals surface area (Å²) in [5.74, 6) is 1.07. The van der Waals surface area contributed by atoms with Gasteiger partial charge in [0.1, 0.15) is 24.0 Å². The number of hydrogen-bond acceptors (Lipinski definition) is 5. The lowest BCUT2D eigenvalue weighted by Crippen LogP contribution is -2.37. The van der Waals surface area contributed by atoms with Crippen LogP contribution < -0.4 is 9.47 Å². The van der Waals surface area contributed by atoms with Gasteiger partial charge in [0.25, 0.3) is 0 Å². The van der Waals surface area contributed by atoms with Crippen LogP contribution in [0.25, 0.3) is 6.08 Å². The van der Waals surface area contributed by atoms with Crippen molar-refractivity contribution in [2.45, 2.75) is 25.5 Å². The van der Waals surface area contributed by atoms with E-state index >= 15 is 0 Å². The third-order valence-corrected chi connectivity index (χ3v) is 5.34. The minimum atomic E-state index is -0.318. The number of rotatable bonds is 3. The number of carbonyl (C=O) groups excluding carboxylic acids is 1. The smallest absolute Gasteiger partial charge is 0.231 e. The standard InChI is InChI=1S/C22H20FNO4/c23-15-5-3-14(4-6-15)10-20-21(25)17-7-8-19-18(22(17)28-20)12-24(13-27-19)11-16-2-1-9-26-16/h3-8,10,16H,1-2,9,11-13H2/b20-10-/t16-/m1/s1. The topological polar surface area (TPSA) is 48.0 Å². The molecule has 0 amide bonds. The molecule has 28 heavy (non-hydrogen) atoms. The molecule has 3 heterocycles. The molecule has 0 spiro atoms. The molecule has 3 aliphatic rings. The number of nitrogens with zero attached hydrogens (tertiary/aromatic N) is 1. The number of fused-ring (bicyclic) bond motifs is 3. The van der Waals surface area contributed by atoms with E-state index in [-0.39, 0.29) is 23.5 Å². The molecule has 5 nitrogen and oxygen atoms in total. The maximum Gasteiger partial charge on any atom is 0.231 e. The Morgan fingerprint density at radius 2 is 2.04 bits per heavy atom. The van der Waals surface area contributed by atoms with E-state index in [1.165, 1.54) is 12.1 Å². The Bertz CT molecular complexity index is 948.